The Hall–Kier alpha value is -1.07. The van der Waals surface area contributed by atoms with Crippen LogP contribution in [-0.4, -0.2) is 180 Å². The van der Waals surface area contributed by atoms with Crippen molar-refractivity contribution in [2.45, 2.75) is 31.5 Å². The number of carbonyl (C=O) groups excluding carboxylic acids is 3. The number of nitrogens with one attached hydrogen (secondary N) is 5. The summed E-state index contributed by atoms with van der Waals surface area (Å²) in [5, 5.41) is 45.7. The molecule has 0 aliphatic rings. The minimum Gasteiger partial charge on any atom is -0.383 e. The summed E-state index contributed by atoms with van der Waals surface area (Å²) in [6, 6.07) is 0. The van der Waals surface area contributed by atoms with E-state index < -0.39 is 18.7 Å². The van der Waals surface area contributed by atoms with Crippen LogP contribution in [0.5, 0.6) is 0 Å². The van der Waals surface area contributed by atoms with Crippen molar-refractivity contribution in [3.63, 3.8) is 0 Å². The molecule has 272 valence electrons. The van der Waals surface area contributed by atoms with Gasteiger partial charge in [-0.1, -0.05) is 31.9 Å². The average molecular weight is 799 g/mol. The van der Waals surface area contributed by atoms with Gasteiger partial charge >= 0.3 is 0 Å². The number of ether oxygens (including phenoxy) is 5. The molecule has 0 saturated heterocycles. The second kappa shape index (κ2) is 32.5. The molecule has 0 aromatic carbocycles. The fourth-order valence-corrected chi connectivity index (χ4v) is 3.96. The number of nitrogens with zero attached hydrogens (tertiary/aromatic N) is 1. The van der Waals surface area contributed by atoms with Gasteiger partial charge in [0.2, 0.25) is 17.7 Å². The lowest BCUT2D eigenvalue weighted by molar-refractivity contribution is -0.127. The van der Waals surface area contributed by atoms with E-state index in [-0.39, 0.29) is 67.5 Å². The van der Waals surface area contributed by atoms with Gasteiger partial charge in [0.05, 0.1) is 76.7 Å². The molecule has 0 aliphatic heterocycles. The molecule has 0 spiro atoms. The third-order valence-corrected chi connectivity index (χ3v) is 6.90. The second-order valence-corrected chi connectivity index (χ2v) is 10.8. The van der Waals surface area contributed by atoms with Crippen LogP contribution >= 0.6 is 31.9 Å². The number of hydrogen-bond donors (Lipinski definition) is 8. The highest BCUT2D eigenvalue weighted by molar-refractivity contribution is 9.09. The summed E-state index contributed by atoms with van der Waals surface area (Å²) in [5.74, 6) is -0.601. The molecule has 46 heavy (non-hydrogen) atoms. The maximum Gasteiger partial charge on any atom is 0.234 e. The molecular weight excluding hydrogens is 744 g/mol. The van der Waals surface area contributed by atoms with Crippen molar-refractivity contribution in [3.8, 4) is 0 Å². The van der Waals surface area contributed by atoms with Crippen molar-refractivity contribution in [2.24, 2.45) is 0 Å². The Balaban J connectivity index is 4.41. The van der Waals surface area contributed by atoms with Crippen LogP contribution in [0.15, 0.2) is 0 Å². The van der Waals surface area contributed by atoms with Gasteiger partial charge < -0.3 is 55.0 Å². The van der Waals surface area contributed by atoms with Crippen molar-refractivity contribution >= 4 is 49.6 Å². The van der Waals surface area contributed by atoms with Gasteiger partial charge in [0, 0.05) is 46.4 Å². The lowest BCUT2D eigenvalue weighted by atomic mass is 10.2. The Kier molecular flexibility index (Phi) is 31.7. The van der Waals surface area contributed by atoms with Crippen LogP contribution in [0.3, 0.4) is 0 Å². The van der Waals surface area contributed by atoms with E-state index in [1.807, 2.05) is 0 Å². The molecule has 0 rings (SSSR count). The van der Waals surface area contributed by atoms with Crippen molar-refractivity contribution in [1.82, 2.24) is 31.5 Å². The highest BCUT2D eigenvalue weighted by Crippen LogP contribution is 2.07. The quantitative estimate of drug-likeness (QED) is 0.0189. The molecule has 0 heterocycles. The Morgan fingerprint density at radius 2 is 1.04 bits per heavy atom. The van der Waals surface area contributed by atoms with E-state index in [4.69, 9.17) is 23.7 Å². The Morgan fingerprint density at radius 1 is 0.609 bits per heavy atom. The number of aliphatic hydroxyl groups is 3. The molecular formula is C27H54Br2N6O11. The second-order valence-electron chi connectivity index (χ2n) is 9.69. The number of carbonyl (C=O) groups is 3. The predicted molar refractivity (Wildman–Crippen MR) is 177 cm³/mol. The number of halogens is 2. The summed E-state index contributed by atoms with van der Waals surface area (Å²) in [7, 11) is 1.55. The third kappa shape index (κ3) is 29.1. The van der Waals surface area contributed by atoms with Crippen LogP contribution in [0, 0.1) is 0 Å². The molecule has 0 radical (unpaired) electrons. The van der Waals surface area contributed by atoms with Crippen LogP contribution in [0.1, 0.15) is 12.8 Å². The molecule has 19 heteroatoms. The number of amides is 3. The lowest BCUT2D eigenvalue weighted by Crippen LogP contribution is -2.50. The first-order valence-electron chi connectivity index (χ1n) is 15.2. The van der Waals surface area contributed by atoms with E-state index in [1.54, 1.807) is 7.11 Å². The van der Waals surface area contributed by atoms with Crippen molar-refractivity contribution < 1.29 is 53.4 Å². The van der Waals surface area contributed by atoms with Crippen LogP contribution in [0.2, 0.25) is 0 Å². The highest BCUT2D eigenvalue weighted by atomic mass is 79.9. The molecule has 0 aliphatic carbocycles. The molecule has 0 aromatic heterocycles. The zero-order valence-electron chi connectivity index (χ0n) is 26.7. The predicted octanol–water partition coefficient (Wildman–Crippen LogP) is -2.95. The summed E-state index contributed by atoms with van der Waals surface area (Å²) in [6.07, 6.45) is -2.69. The van der Waals surface area contributed by atoms with Gasteiger partial charge in [-0.15, -0.1) is 0 Å². The molecule has 3 unspecified atom stereocenters. The Labute approximate surface area is 288 Å². The topological polar surface area (TPSA) is 221 Å². The van der Waals surface area contributed by atoms with Crippen LogP contribution in [0.4, 0.5) is 0 Å². The molecule has 0 bridgehead atoms. The van der Waals surface area contributed by atoms with Crippen LogP contribution < -0.4 is 26.6 Å². The first-order chi connectivity index (χ1) is 22.2. The van der Waals surface area contributed by atoms with Gasteiger partial charge in [-0.25, -0.2) is 0 Å². The molecule has 17 nitrogen and oxygen atoms in total. The summed E-state index contributed by atoms with van der Waals surface area (Å²) < 4.78 is 26.6. The number of aliphatic hydroxyl groups excluding tert-OH is 3. The molecule has 0 aromatic rings. The van der Waals surface area contributed by atoms with Crippen molar-refractivity contribution in [1.29, 1.82) is 0 Å². The first kappa shape index (κ1) is 44.9. The molecule has 3 amide bonds. The van der Waals surface area contributed by atoms with E-state index in [9.17, 15) is 29.7 Å². The van der Waals surface area contributed by atoms with E-state index >= 15 is 0 Å². The highest BCUT2D eigenvalue weighted by Gasteiger charge is 2.22. The monoisotopic (exact) mass is 796 g/mol. The summed E-state index contributed by atoms with van der Waals surface area (Å²) in [5.41, 5.74) is 0. The molecule has 3 atom stereocenters. The van der Waals surface area contributed by atoms with Crippen LogP contribution in [-0.2, 0) is 38.1 Å². The number of rotatable bonds is 33. The smallest absolute Gasteiger partial charge is 0.234 e. The Morgan fingerprint density at radius 3 is 1.52 bits per heavy atom. The summed E-state index contributed by atoms with van der Waals surface area (Å²) in [6.45, 7) is 4.59. The van der Waals surface area contributed by atoms with Gasteiger partial charge in [0.25, 0.3) is 0 Å². The minimum absolute atomic E-state index is 0.0606. The largest absolute Gasteiger partial charge is 0.383 e. The third-order valence-electron chi connectivity index (χ3n) is 5.88. The fourth-order valence-electron chi connectivity index (χ4n) is 3.56. The van der Waals surface area contributed by atoms with Crippen molar-refractivity contribution in [3.05, 3.63) is 0 Å². The van der Waals surface area contributed by atoms with E-state index in [2.05, 4.69) is 58.4 Å². The minimum atomic E-state index is -1.11. The van der Waals surface area contributed by atoms with Gasteiger partial charge in [-0.3, -0.25) is 29.9 Å². The maximum atomic E-state index is 12.6. The number of hydrogen-bond acceptors (Lipinski definition) is 14. The zero-order chi connectivity index (χ0) is 34.3. The average Bonchev–Trinajstić information content (AvgIpc) is 3.04. The standard InChI is InChI=1S/C27H54Br2N6O11/c1-42-9-4-30-22(36)2-3-27(41)35(20-25(39)33-7-12-45-16-14-43-10-5-31-23(37)18-28)21-26(40)34-8-13-46-17-15-44-11-6-32-24(38)19-29/h22,25,27,30,33,36,39,41H,2-21H2,1H3,(H,31,37)(H,32,38)(H,34,40). The SMILES string of the molecule is COCCNC(O)CCC(O)N(CC(=O)NCCOCCOCCNC(=O)CBr)CC(O)NCCOCCOCCNC(=O)CBr. The van der Waals surface area contributed by atoms with Gasteiger partial charge in [-0.05, 0) is 12.8 Å². The van der Waals surface area contributed by atoms with E-state index in [0.717, 1.165) is 0 Å². The molecule has 8 N–H and O–H groups in total. The van der Waals surface area contributed by atoms with Gasteiger partial charge in [-0.2, -0.15) is 0 Å². The van der Waals surface area contributed by atoms with Crippen LogP contribution in [0.25, 0.3) is 0 Å². The van der Waals surface area contributed by atoms with E-state index in [1.165, 1.54) is 4.90 Å². The summed E-state index contributed by atoms with van der Waals surface area (Å²) in [4.78, 5) is 36.3. The number of alkyl halides is 2. The lowest BCUT2D eigenvalue weighted by Gasteiger charge is -2.30. The fraction of sp³-hybridized carbons (Fsp3) is 0.889. The number of methoxy groups -OCH3 is 1. The maximum absolute atomic E-state index is 12.6. The summed E-state index contributed by atoms with van der Waals surface area (Å²) >= 11 is 6.12. The van der Waals surface area contributed by atoms with Crippen molar-refractivity contribution in [2.75, 3.05) is 123 Å². The van der Waals surface area contributed by atoms with Gasteiger partial charge in [0.15, 0.2) is 0 Å². The normalized spacial score (nSPS) is 13.4. The first-order valence-corrected chi connectivity index (χ1v) is 17.4. The Bertz CT molecular complexity index is 767. The van der Waals surface area contributed by atoms with E-state index in [0.29, 0.717) is 79.0 Å². The molecule has 0 fully saturated rings. The molecule has 0 saturated carbocycles. The zero-order valence-corrected chi connectivity index (χ0v) is 29.9. The van der Waals surface area contributed by atoms with Gasteiger partial charge in [0.1, 0.15) is 18.7 Å².